The van der Waals surface area contributed by atoms with Gasteiger partial charge in [0, 0.05) is 13.1 Å². The molecule has 0 saturated heterocycles. The Hall–Kier alpha value is -3.03. The third-order valence-corrected chi connectivity index (χ3v) is 3.62. The normalized spacial score (nSPS) is 10.8. The molecule has 0 amide bonds. The van der Waals surface area contributed by atoms with E-state index in [0.29, 0.717) is 34.2 Å². The summed E-state index contributed by atoms with van der Waals surface area (Å²) >= 11 is 0. The first-order chi connectivity index (χ1) is 11.0. The summed E-state index contributed by atoms with van der Waals surface area (Å²) in [4.78, 5) is 13.0. The number of nitrogens with one attached hydrogen (secondary N) is 1. The molecule has 2 heterocycles. The van der Waals surface area contributed by atoms with Crippen LogP contribution in [0.15, 0.2) is 18.2 Å². The van der Waals surface area contributed by atoms with Gasteiger partial charge >= 0.3 is 0 Å². The molecule has 8 heteroatoms. The van der Waals surface area contributed by atoms with Crippen LogP contribution in [0.1, 0.15) is 5.82 Å². The number of imidazole rings is 1. The van der Waals surface area contributed by atoms with Gasteiger partial charge in [0.2, 0.25) is 5.95 Å². The summed E-state index contributed by atoms with van der Waals surface area (Å²) in [5, 5.41) is 3.21. The Morgan fingerprint density at radius 1 is 1.13 bits per heavy atom. The van der Waals surface area contributed by atoms with Gasteiger partial charge in [0.25, 0.3) is 0 Å². The van der Waals surface area contributed by atoms with Gasteiger partial charge in [-0.1, -0.05) is 0 Å². The van der Waals surface area contributed by atoms with Gasteiger partial charge in [-0.3, -0.25) is 0 Å². The lowest BCUT2D eigenvalue weighted by Gasteiger charge is -2.12. The molecule has 3 aromatic rings. The number of nitrogen functional groups attached to an aromatic ring is 1. The molecule has 0 unspecified atom stereocenters. The molecule has 0 aliphatic rings. The number of rotatable bonds is 4. The molecule has 0 saturated carbocycles. The zero-order valence-corrected chi connectivity index (χ0v) is 13.4. The highest BCUT2D eigenvalue weighted by Gasteiger charge is 2.15. The van der Waals surface area contributed by atoms with Gasteiger partial charge in [-0.25, -0.2) is 4.98 Å². The predicted molar refractivity (Wildman–Crippen MR) is 88.3 cm³/mol. The minimum atomic E-state index is 0.171. The van der Waals surface area contributed by atoms with Crippen molar-refractivity contribution in [3.05, 3.63) is 24.0 Å². The van der Waals surface area contributed by atoms with E-state index in [4.69, 9.17) is 15.2 Å². The second-order valence-corrected chi connectivity index (χ2v) is 5.01. The minimum Gasteiger partial charge on any atom is -0.497 e. The third kappa shape index (κ3) is 2.59. The lowest BCUT2D eigenvalue weighted by atomic mass is 10.2. The predicted octanol–water partition coefficient (Wildman–Crippen LogP) is 2.01. The second-order valence-electron chi connectivity index (χ2n) is 5.01. The standard InChI is InChI=1S/C15H18N6O2/c1-8-17-12-13(19-15(16)20-14(12)21(8)2)18-10-7-9(22-3)5-6-11(10)23-4/h5-7H,1-4H3,(H3,16,18,19,20). The molecule has 0 spiro atoms. The molecule has 1 aromatic carbocycles. The van der Waals surface area contributed by atoms with E-state index in [0.717, 1.165) is 5.82 Å². The molecule has 23 heavy (non-hydrogen) atoms. The van der Waals surface area contributed by atoms with E-state index in [-0.39, 0.29) is 5.95 Å². The number of ether oxygens (including phenoxy) is 2. The zero-order valence-electron chi connectivity index (χ0n) is 13.4. The van der Waals surface area contributed by atoms with E-state index < -0.39 is 0 Å². The Bertz CT molecular complexity index is 874. The number of nitrogens with zero attached hydrogens (tertiary/aromatic N) is 4. The van der Waals surface area contributed by atoms with E-state index >= 15 is 0 Å². The van der Waals surface area contributed by atoms with Crippen LogP contribution in [0.4, 0.5) is 17.5 Å². The maximum absolute atomic E-state index is 5.82. The number of fused-ring (bicyclic) bond motifs is 1. The SMILES string of the molecule is COc1ccc(OC)c(Nc2nc(N)nc3c2nc(C)n3C)c1. The fraction of sp³-hybridized carbons (Fsp3) is 0.267. The van der Waals surface area contributed by atoms with Crippen LogP contribution >= 0.6 is 0 Å². The molecule has 0 bridgehead atoms. The number of aromatic nitrogens is 4. The lowest BCUT2D eigenvalue weighted by molar-refractivity contribution is 0.405. The maximum Gasteiger partial charge on any atom is 0.224 e. The van der Waals surface area contributed by atoms with E-state index in [1.165, 1.54) is 0 Å². The molecule has 0 atom stereocenters. The van der Waals surface area contributed by atoms with Crippen molar-refractivity contribution in [3.63, 3.8) is 0 Å². The van der Waals surface area contributed by atoms with E-state index in [9.17, 15) is 0 Å². The van der Waals surface area contributed by atoms with Crippen LogP contribution in [0.2, 0.25) is 0 Å². The monoisotopic (exact) mass is 314 g/mol. The van der Waals surface area contributed by atoms with Crippen LogP contribution in [0.3, 0.4) is 0 Å². The Labute approximate surface area is 133 Å². The Morgan fingerprint density at radius 3 is 2.61 bits per heavy atom. The maximum atomic E-state index is 5.82. The Morgan fingerprint density at radius 2 is 1.91 bits per heavy atom. The number of hydrogen-bond donors (Lipinski definition) is 2. The quantitative estimate of drug-likeness (QED) is 0.759. The van der Waals surface area contributed by atoms with Crippen molar-refractivity contribution in [1.82, 2.24) is 19.5 Å². The average Bonchev–Trinajstić information content (AvgIpc) is 2.83. The molecule has 3 N–H and O–H groups in total. The first kappa shape index (κ1) is 14.9. The summed E-state index contributed by atoms with van der Waals surface area (Å²) in [6.45, 7) is 1.90. The second kappa shape index (κ2) is 5.64. The van der Waals surface area contributed by atoms with Crippen LogP contribution in [0.5, 0.6) is 11.5 Å². The van der Waals surface area contributed by atoms with Crippen LogP contribution in [0, 0.1) is 6.92 Å². The van der Waals surface area contributed by atoms with Crippen LogP contribution in [-0.4, -0.2) is 33.7 Å². The van der Waals surface area contributed by atoms with Crippen LogP contribution in [0.25, 0.3) is 11.2 Å². The van der Waals surface area contributed by atoms with Crippen LogP contribution < -0.4 is 20.5 Å². The number of methoxy groups -OCH3 is 2. The summed E-state index contributed by atoms with van der Waals surface area (Å²) in [6, 6.07) is 5.45. The molecule has 0 radical (unpaired) electrons. The van der Waals surface area contributed by atoms with Crippen molar-refractivity contribution in [2.24, 2.45) is 7.05 Å². The highest BCUT2D eigenvalue weighted by atomic mass is 16.5. The average molecular weight is 314 g/mol. The van der Waals surface area contributed by atoms with Crippen molar-refractivity contribution < 1.29 is 9.47 Å². The fourth-order valence-corrected chi connectivity index (χ4v) is 2.31. The first-order valence-corrected chi connectivity index (χ1v) is 6.99. The zero-order chi connectivity index (χ0) is 16.6. The van der Waals surface area contributed by atoms with E-state index in [1.807, 2.05) is 36.7 Å². The van der Waals surface area contributed by atoms with Crippen LogP contribution in [-0.2, 0) is 7.05 Å². The summed E-state index contributed by atoms with van der Waals surface area (Å²) in [5.74, 6) is 2.86. The molecule has 8 nitrogen and oxygen atoms in total. The summed E-state index contributed by atoms with van der Waals surface area (Å²) in [7, 11) is 5.09. The lowest BCUT2D eigenvalue weighted by Crippen LogP contribution is -2.03. The number of benzene rings is 1. The van der Waals surface area contributed by atoms with Gasteiger partial charge in [0.15, 0.2) is 17.0 Å². The number of anilines is 3. The van der Waals surface area contributed by atoms with Gasteiger partial charge in [0.1, 0.15) is 17.3 Å². The van der Waals surface area contributed by atoms with Crippen molar-refractivity contribution >= 4 is 28.6 Å². The molecule has 0 fully saturated rings. The minimum absolute atomic E-state index is 0.171. The molecule has 120 valence electrons. The smallest absolute Gasteiger partial charge is 0.224 e. The van der Waals surface area contributed by atoms with Crippen molar-refractivity contribution in [3.8, 4) is 11.5 Å². The summed E-state index contributed by atoms with van der Waals surface area (Å²) in [5.41, 5.74) is 7.84. The van der Waals surface area contributed by atoms with Crippen molar-refractivity contribution in [2.45, 2.75) is 6.92 Å². The fourth-order valence-electron chi connectivity index (χ4n) is 2.31. The third-order valence-electron chi connectivity index (χ3n) is 3.62. The highest BCUT2D eigenvalue weighted by molar-refractivity contribution is 5.87. The molecular weight excluding hydrogens is 296 g/mol. The molecule has 3 rings (SSSR count). The van der Waals surface area contributed by atoms with Crippen molar-refractivity contribution in [1.29, 1.82) is 0 Å². The Kier molecular flexibility index (Phi) is 3.65. The molecule has 0 aliphatic heterocycles. The number of hydrogen-bond acceptors (Lipinski definition) is 7. The van der Waals surface area contributed by atoms with Crippen molar-refractivity contribution in [2.75, 3.05) is 25.3 Å². The molecule has 2 aromatic heterocycles. The first-order valence-electron chi connectivity index (χ1n) is 6.99. The molecular formula is C15H18N6O2. The van der Waals surface area contributed by atoms with E-state index in [1.54, 1.807) is 14.2 Å². The van der Waals surface area contributed by atoms with Gasteiger partial charge in [-0.2, -0.15) is 9.97 Å². The highest BCUT2D eigenvalue weighted by Crippen LogP contribution is 2.33. The molecule has 0 aliphatic carbocycles. The Balaban J connectivity index is 2.13. The van der Waals surface area contributed by atoms with Gasteiger partial charge in [-0.05, 0) is 19.1 Å². The number of aryl methyl sites for hydroxylation is 2. The summed E-state index contributed by atoms with van der Waals surface area (Å²) in [6.07, 6.45) is 0. The van der Waals surface area contributed by atoms with Gasteiger partial charge < -0.3 is 25.1 Å². The number of nitrogens with two attached hydrogens (primary N) is 1. The van der Waals surface area contributed by atoms with E-state index in [2.05, 4.69) is 20.3 Å². The van der Waals surface area contributed by atoms with Gasteiger partial charge in [-0.15, -0.1) is 0 Å². The topological polar surface area (TPSA) is 100 Å². The largest absolute Gasteiger partial charge is 0.497 e. The summed E-state index contributed by atoms with van der Waals surface area (Å²) < 4.78 is 12.5. The van der Waals surface area contributed by atoms with Gasteiger partial charge in [0.05, 0.1) is 19.9 Å².